The molecule has 1 atom stereocenters. The fourth-order valence-corrected chi connectivity index (χ4v) is 6.87. The molecular formula is C30H33F3N6O2S. The zero-order chi connectivity index (χ0) is 29.5. The van der Waals surface area contributed by atoms with Crippen molar-refractivity contribution < 1.29 is 17.9 Å². The highest BCUT2D eigenvalue weighted by atomic mass is 32.1. The molecule has 42 heavy (non-hydrogen) atoms. The predicted molar refractivity (Wildman–Crippen MR) is 159 cm³/mol. The number of fused-ring (bicyclic) bond motifs is 1. The summed E-state index contributed by atoms with van der Waals surface area (Å²) in [7, 11) is 1.68. The smallest absolute Gasteiger partial charge is 0.275 e. The van der Waals surface area contributed by atoms with Gasteiger partial charge in [-0.05, 0) is 75.2 Å². The first-order valence-electron chi connectivity index (χ1n) is 14.2. The van der Waals surface area contributed by atoms with Crippen LogP contribution in [0.25, 0.3) is 21.5 Å². The number of hydrogen-bond acceptors (Lipinski definition) is 8. The van der Waals surface area contributed by atoms with E-state index in [-0.39, 0.29) is 5.56 Å². The summed E-state index contributed by atoms with van der Waals surface area (Å²) in [4.78, 5) is 27.5. The summed E-state index contributed by atoms with van der Waals surface area (Å²) < 4.78 is 51.1. The Labute approximate surface area is 245 Å². The van der Waals surface area contributed by atoms with Crippen molar-refractivity contribution in [3.63, 3.8) is 0 Å². The maximum Gasteiger partial charge on any atom is 0.275 e. The van der Waals surface area contributed by atoms with Crippen LogP contribution in [-0.4, -0.2) is 58.8 Å². The van der Waals surface area contributed by atoms with Gasteiger partial charge in [-0.2, -0.15) is 0 Å². The summed E-state index contributed by atoms with van der Waals surface area (Å²) in [6.07, 6.45) is 2.14. The first kappa shape index (κ1) is 28.6. The summed E-state index contributed by atoms with van der Waals surface area (Å²) in [6, 6.07) is 5.07. The van der Waals surface area contributed by atoms with Crippen molar-refractivity contribution in [1.29, 1.82) is 0 Å². The number of ether oxygens (including phenoxy) is 1. The Morgan fingerprint density at radius 3 is 2.45 bits per heavy atom. The van der Waals surface area contributed by atoms with Gasteiger partial charge in [0.1, 0.15) is 28.8 Å². The zero-order valence-corrected chi connectivity index (χ0v) is 24.7. The number of halogens is 3. The molecule has 2 fully saturated rings. The Hall–Kier alpha value is -3.48. The molecule has 5 heterocycles. The molecule has 3 aromatic heterocycles. The Morgan fingerprint density at radius 2 is 1.71 bits per heavy atom. The third kappa shape index (κ3) is 5.50. The van der Waals surface area contributed by atoms with Crippen LogP contribution in [0.1, 0.15) is 42.1 Å². The molecule has 2 aliphatic rings. The minimum absolute atomic E-state index is 0.160. The van der Waals surface area contributed by atoms with Crippen LogP contribution in [0, 0.1) is 24.4 Å². The van der Waals surface area contributed by atoms with Gasteiger partial charge in [-0.1, -0.05) is 0 Å². The molecule has 1 aromatic carbocycles. The topological polar surface area (TPSA) is 75.5 Å². The molecular weight excluding hydrogens is 565 g/mol. The molecule has 0 aliphatic carbocycles. The molecule has 6 rings (SSSR count). The molecule has 2 aliphatic heterocycles. The molecule has 222 valence electrons. The zero-order valence-electron chi connectivity index (χ0n) is 23.8. The Kier molecular flexibility index (Phi) is 7.95. The SMILES string of the molecule is Cc1nc(N[C@H](C)c2sc(-c3cc(F)c(F)cc3CN3CCCC3)cc2F)c2cc(N3CCOCC3)c(=O)n(C)c2n1. The molecule has 0 amide bonds. The molecule has 4 aromatic rings. The van der Waals surface area contributed by atoms with E-state index in [4.69, 9.17) is 4.74 Å². The third-order valence-corrected chi connectivity index (χ3v) is 9.30. The summed E-state index contributed by atoms with van der Waals surface area (Å²) in [6.45, 7) is 8.10. The fraction of sp³-hybridized carbons (Fsp3) is 0.433. The molecule has 2 saturated heterocycles. The number of pyridine rings is 1. The second-order valence-electron chi connectivity index (χ2n) is 10.9. The van der Waals surface area contributed by atoms with Crippen molar-refractivity contribution in [3.05, 3.63) is 68.3 Å². The average Bonchev–Trinajstić information content (AvgIpc) is 3.63. The van der Waals surface area contributed by atoms with Crippen LogP contribution in [0.15, 0.2) is 29.1 Å². The van der Waals surface area contributed by atoms with E-state index in [1.165, 1.54) is 34.1 Å². The third-order valence-electron chi connectivity index (χ3n) is 7.98. The van der Waals surface area contributed by atoms with E-state index in [1.54, 1.807) is 20.0 Å². The van der Waals surface area contributed by atoms with Crippen LogP contribution in [0.4, 0.5) is 24.7 Å². The second-order valence-corrected chi connectivity index (χ2v) is 12.0. The number of morpholine rings is 1. The van der Waals surface area contributed by atoms with Gasteiger partial charge < -0.3 is 15.0 Å². The van der Waals surface area contributed by atoms with E-state index in [1.807, 2.05) is 11.8 Å². The predicted octanol–water partition coefficient (Wildman–Crippen LogP) is 5.39. The number of anilines is 2. The maximum absolute atomic E-state index is 15.5. The standard InChI is InChI=1S/C30H33F3N6O2S/c1-17(27-24(33)15-26(42-27)20-13-23(32)22(31)12-19(20)16-38-6-4-5-7-38)34-28-21-14-25(39-8-10-41-11-9-39)30(40)37(3)29(21)36-18(2)35-28/h12-15,17H,4-11,16H2,1-3H3,(H,34,35,36)/t17-/m1/s1. The van der Waals surface area contributed by atoms with Crippen LogP contribution in [0.2, 0.25) is 0 Å². The summed E-state index contributed by atoms with van der Waals surface area (Å²) in [5, 5.41) is 3.98. The van der Waals surface area contributed by atoms with Gasteiger partial charge in [-0.3, -0.25) is 14.3 Å². The minimum Gasteiger partial charge on any atom is -0.378 e. The molecule has 1 N–H and O–H groups in total. The quantitative estimate of drug-likeness (QED) is 0.306. The highest BCUT2D eigenvalue weighted by Crippen LogP contribution is 2.39. The Morgan fingerprint density at radius 1 is 1.00 bits per heavy atom. The normalized spacial score (nSPS) is 16.9. The van der Waals surface area contributed by atoms with E-state index < -0.39 is 23.5 Å². The van der Waals surface area contributed by atoms with Gasteiger partial charge in [0.05, 0.1) is 29.5 Å². The lowest BCUT2D eigenvalue weighted by atomic mass is 10.0. The van der Waals surface area contributed by atoms with Gasteiger partial charge in [0.25, 0.3) is 5.56 Å². The first-order chi connectivity index (χ1) is 20.2. The molecule has 8 nitrogen and oxygen atoms in total. The van der Waals surface area contributed by atoms with Crippen LogP contribution < -0.4 is 15.8 Å². The van der Waals surface area contributed by atoms with Gasteiger partial charge in [0.15, 0.2) is 11.6 Å². The number of nitrogens with one attached hydrogen (secondary N) is 1. The highest BCUT2D eigenvalue weighted by molar-refractivity contribution is 7.15. The Bertz CT molecular complexity index is 1700. The van der Waals surface area contributed by atoms with Crippen LogP contribution in [0.5, 0.6) is 0 Å². The summed E-state index contributed by atoms with van der Waals surface area (Å²) >= 11 is 1.20. The van der Waals surface area contributed by atoms with E-state index in [2.05, 4.69) is 20.2 Å². The number of thiophene rings is 1. The lowest BCUT2D eigenvalue weighted by Crippen LogP contribution is -2.40. The molecule has 0 bridgehead atoms. The lowest BCUT2D eigenvalue weighted by molar-refractivity contribution is 0.122. The highest BCUT2D eigenvalue weighted by Gasteiger charge is 2.24. The van der Waals surface area contributed by atoms with Crippen molar-refractivity contribution in [1.82, 2.24) is 19.4 Å². The molecule has 0 spiro atoms. The van der Waals surface area contributed by atoms with Crippen molar-refractivity contribution >= 4 is 33.9 Å². The second kappa shape index (κ2) is 11.7. The van der Waals surface area contributed by atoms with Crippen molar-refractivity contribution in [2.75, 3.05) is 49.6 Å². The fourth-order valence-electron chi connectivity index (χ4n) is 5.77. The molecule has 0 radical (unpaired) electrons. The minimum atomic E-state index is -0.957. The van der Waals surface area contributed by atoms with Gasteiger partial charge >= 0.3 is 0 Å². The molecule has 0 unspecified atom stereocenters. The number of nitrogens with zero attached hydrogens (tertiary/aromatic N) is 5. The monoisotopic (exact) mass is 598 g/mol. The summed E-state index contributed by atoms with van der Waals surface area (Å²) in [5.41, 5.74) is 1.98. The number of likely N-dealkylation sites (tertiary alicyclic amines) is 1. The van der Waals surface area contributed by atoms with Crippen LogP contribution in [0.3, 0.4) is 0 Å². The van der Waals surface area contributed by atoms with E-state index in [9.17, 15) is 13.6 Å². The Balaban J connectivity index is 1.35. The number of benzene rings is 1. The van der Waals surface area contributed by atoms with Gasteiger partial charge in [0, 0.05) is 31.6 Å². The van der Waals surface area contributed by atoms with Crippen LogP contribution >= 0.6 is 11.3 Å². The maximum atomic E-state index is 15.5. The number of rotatable bonds is 7. The lowest BCUT2D eigenvalue weighted by Gasteiger charge is -2.29. The average molecular weight is 599 g/mol. The number of aromatic nitrogens is 3. The van der Waals surface area contributed by atoms with E-state index in [0.29, 0.717) is 82.1 Å². The number of hydrogen-bond donors (Lipinski definition) is 1. The van der Waals surface area contributed by atoms with E-state index >= 15 is 4.39 Å². The first-order valence-corrected chi connectivity index (χ1v) is 15.0. The van der Waals surface area contributed by atoms with Crippen molar-refractivity contribution in [3.8, 4) is 10.4 Å². The summed E-state index contributed by atoms with van der Waals surface area (Å²) in [5.74, 6) is -1.36. The van der Waals surface area contributed by atoms with E-state index in [0.717, 1.165) is 25.9 Å². The van der Waals surface area contributed by atoms with Gasteiger partial charge in [-0.25, -0.2) is 23.1 Å². The molecule has 12 heteroatoms. The largest absolute Gasteiger partial charge is 0.378 e. The number of aryl methyl sites for hydroxylation is 2. The van der Waals surface area contributed by atoms with Crippen LogP contribution in [-0.2, 0) is 18.3 Å². The van der Waals surface area contributed by atoms with Crippen molar-refractivity contribution in [2.24, 2.45) is 7.05 Å². The van der Waals surface area contributed by atoms with Gasteiger partial charge in [0.2, 0.25) is 0 Å². The van der Waals surface area contributed by atoms with Crippen molar-refractivity contribution in [2.45, 2.75) is 39.3 Å². The van der Waals surface area contributed by atoms with Gasteiger partial charge in [-0.15, -0.1) is 11.3 Å². The molecule has 0 saturated carbocycles.